The van der Waals surface area contributed by atoms with Crippen LogP contribution in [0.4, 0.5) is 13.2 Å². The number of halogens is 3. The largest absolute Gasteiger partial charge is 0.442 e. The number of nitrogens with zero attached hydrogens (tertiary/aromatic N) is 3. The second kappa shape index (κ2) is 6.25. The van der Waals surface area contributed by atoms with E-state index in [2.05, 4.69) is 10.2 Å². The molecule has 2 rings (SSSR count). The topological polar surface area (TPSA) is 80.3 Å². The van der Waals surface area contributed by atoms with Crippen LogP contribution < -0.4 is 5.73 Å². The maximum atomic E-state index is 12.9. The summed E-state index contributed by atoms with van der Waals surface area (Å²) in [4.78, 5) is 16.9. The minimum absolute atomic E-state index is 0.0549. The van der Waals surface area contributed by atoms with E-state index in [9.17, 15) is 18.0 Å². The molecular formula is C14H17F3N4O2. The third-order valence-corrected chi connectivity index (χ3v) is 3.58. The Morgan fingerprint density at radius 3 is 2.30 bits per heavy atom. The van der Waals surface area contributed by atoms with E-state index in [0.29, 0.717) is 12.1 Å². The quantitative estimate of drug-likeness (QED) is 0.812. The van der Waals surface area contributed by atoms with E-state index in [1.54, 1.807) is 6.92 Å². The Hall–Kier alpha value is -2.00. The summed E-state index contributed by atoms with van der Waals surface area (Å²) in [6, 6.07) is 4.74. The molecule has 0 radical (unpaired) electrons. The van der Waals surface area contributed by atoms with Crippen molar-refractivity contribution >= 4 is 5.91 Å². The molecule has 23 heavy (non-hydrogen) atoms. The van der Waals surface area contributed by atoms with Gasteiger partial charge in [-0.1, -0.05) is 24.3 Å². The van der Waals surface area contributed by atoms with Gasteiger partial charge >= 0.3 is 11.8 Å². The van der Waals surface area contributed by atoms with Gasteiger partial charge in [0.05, 0.1) is 13.2 Å². The Balaban J connectivity index is 2.05. The third kappa shape index (κ3) is 3.35. The molecule has 1 aliphatic heterocycles. The zero-order valence-electron chi connectivity index (χ0n) is 12.7. The molecule has 1 atom stereocenters. The highest BCUT2D eigenvalue weighted by Gasteiger charge is 2.65. The van der Waals surface area contributed by atoms with Crippen molar-refractivity contribution in [2.24, 2.45) is 16.0 Å². The SMILES string of the molecule is CCN(OC)C(=O)C(N)Cc1ccc(C2(C(F)(F)F)N=N2)cc1. The number of hydrogen-bond acceptors (Lipinski definition) is 5. The first-order valence-corrected chi connectivity index (χ1v) is 6.96. The first-order chi connectivity index (χ1) is 10.7. The van der Waals surface area contributed by atoms with Crippen LogP contribution in [0.5, 0.6) is 0 Å². The molecule has 1 aliphatic rings. The van der Waals surface area contributed by atoms with E-state index in [0.717, 1.165) is 5.06 Å². The fraction of sp³-hybridized carbons (Fsp3) is 0.500. The zero-order chi connectivity index (χ0) is 17.3. The maximum absolute atomic E-state index is 12.9. The Labute approximate surface area is 131 Å². The van der Waals surface area contributed by atoms with Crippen molar-refractivity contribution in [1.29, 1.82) is 0 Å². The second-order valence-electron chi connectivity index (χ2n) is 5.09. The number of nitrogens with two attached hydrogens (primary N) is 1. The summed E-state index contributed by atoms with van der Waals surface area (Å²) in [7, 11) is 1.36. The molecule has 0 fully saturated rings. The monoisotopic (exact) mass is 330 g/mol. The molecule has 0 aromatic heterocycles. The molecule has 9 heteroatoms. The summed E-state index contributed by atoms with van der Waals surface area (Å²) in [5.74, 6) is -0.391. The first-order valence-electron chi connectivity index (χ1n) is 6.96. The number of likely N-dealkylation sites (N-methyl/N-ethyl adjacent to an activating group) is 1. The Morgan fingerprint density at radius 2 is 1.91 bits per heavy atom. The summed E-state index contributed by atoms with van der Waals surface area (Å²) in [6.45, 7) is 2.08. The molecule has 1 aromatic carbocycles. The summed E-state index contributed by atoms with van der Waals surface area (Å²) < 4.78 is 38.7. The number of rotatable bonds is 6. The first kappa shape index (κ1) is 17.4. The van der Waals surface area contributed by atoms with Crippen LogP contribution in [0.25, 0.3) is 0 Å². The molecule has 1 amide bonds. The van der Waals surface area contributed by atoms with Crippen LogP contribution in [0, 0.1) is 0 Å². The molecule has 0 saturated heterocycles. The summed E-state index contributed by atoms with van der Waals surface area (Å²) in [6.07, 6.45) is -4.37. The highest BCUT2D eigenvalue weighted by molar-refractivity contribution is 5.81. The van der Waals surface area contributed by atoms with Crippen LogP contribution in [-0.4, -0.2) is 36.8 Å². The maximum Gasteiger partial charge on any atom is 0.442 e. The molecule has 1 unspecified atom stereocenters. The third-order valence-electron chi connectivity index (χ3n) is 3.58. The van der Waals surface area contributed by atoms with Crippen molar-refractivity contribution in [2.45, 2.75) is 31.2 Å². The molecule has 0 aliphatic carbocycles. The number of hydroxylamine groups is 2. The molecule has 0 spiro atoms. The smallest absolute Gasteiger partial charge is 0.320 e. The minimum Gasteiger partial charge on any atom is -0.320 e. The van der Waals surface area contributed by atoms with E-state index in [1.807, 2.05) is 0 Å². The number of benzene rings is 1. The van der Waals surface area contributed by atoms with Crippen molar-refractivity contribution in [3.8, 4) is 0 Å². The Morgan fingerprint density at radius 1 is 1.35 bits per heavy atom. The van der Waals surface area contributed by atoms with Crippen molar-refractivity contribution in [1.82, 2.24) is 5.06 Å². The van der Waals surface area contributed by atoms with Gasteiger partial charge < -0.3 is 5.73 Å². The Bertz CT molecular complexity index is 591. The fourth-order valence-corrected chi connectivity index (χ4v) is 2.22. The minimum atomic E-state index is -4.55. The highest BCUT2D eigenvalue weighted by Crippen LogP contribution is 2.52. The van der Waals surface area contributed by atoms with Crippen LogP contribution >= 0.6 is 0 Å². The highest BCUT2D eigenvalue weighted by atomic mass is 19.4. The lowest BCUT2D eigenvalue weighted by Gasteiger charge is -2.21. The van der Waals surface area contributed by atoms with Crippen molar-refractivity contribution in [3.05, 3.63) is 35.4 Å². The van der Waals surface area contributed by atoms with Crippen molar-refractivity contribution < 1.29 is 22.8 Å². The van der Waals surface area contributed by atoms with Gasteiger partial charge in [0.1, 0.15) is 0 Å². The van der Waals surface area contributed by atoms with E-state index in [4.69, 9.17) is 10.6 Å². The van der Waals surface area contributed by atoms with Crippen LogP contribution in [0.2, 0.25) is 0 Å². The van der Waals surface area contributed by atoms with Gasteiger partial charge in [0, 0.05) is 12.1 Å². The van der Waals surface area contributed by atoms with Gasteiger partial charge in [0.15, 0.2) is 0 Å². The predicted octanol–water partition coefficient (Wildman–Crippen LogP) is 2.15. The molecule has 126 valence electrons. The van der Waals surface area contributed by atoms with Crippen molar-refractivity contribution in [3.63, 3.8) is 0 Å². The van der Waals surface area contributed by atoms with E-state index >= 15 is 0 Å². The number of carbonyl (C=O) groups excluding carboxylic acids is 1. The number of amides is 1. The van der Waals surface area contributed by atoms with Gasteiger partial charge in [-0.3, -0.25) is 9.63 Å². The lowest BCUT2D eigenvalue weighted by atomic mass is 9.98. The molecular weight excluding hydrogens is 313 g/mol. The molecule has 6 nitrogen and oxygen atoms in total. The number of carbonyl (C=O) groups is 1. The van der Waals surface area contributed by atoms with Gasteiger partial charge in [0.2, 0.25) is 0 Å². The van der Waals surface area contributed by atoms with E-state index < -0.39 is 23.8 Å². The van der Waals surface area contributed by atoms with Gasteiger partial charge in [-0.05, 0) is 18.9 Å². The van der Waals surface area contributed by atoms with Crippen LogP contribution in [-0.2, 0) is 21.7 Å². The van der Waals surface area contributed by atoms with Gasteiger partial charge in [0.25, 0.3) is 5.91 Å². The van der Waals surface area contributed by atoms with E-state index in [1.165, 1.54) is 31.4 Å². The molecule has 1 aromatic rings. The summed E-state index contributed by atoms with van der Waals surface area (Å²) >= 11 is 0. The number of alkyl halides is 3. The summed E-state index contributed by atoms with van der Waals surface area (Å²) in [5, 5.41) is 7.40. The van der Waals surface area contributed by atoms with Gasteiger partial charge in [-0.15, -0.1) is 10.2 Å². The molecule has 0 saturated carbocycles. The lowest BCUT2D eigenvalue weighted by Crippen LogP contribution is -2.44. The normalized spacial score (nSPS) is 17.0. The van der Waals surface area contributed by atoms with Crippen LogP contribution in [0.15, 0.2) is 34.5 Å². The zero-order valence-corrected chi connectivity index (χ0v) is 12.7. The van der Waals surface area contributed by atoms with E-state index in [-0.39, 0.29) is 12.0 Å². The second-order valence-corrected chi connectivity index (χ2v) is 5.09. The molecule has 0 bridgehead atoms. The predicted molar refractivity (Wildman–Crippen MR) is 75.1 cm³/mol. The van der Waals surface area contributed by atoms with Crippen LogP contribution in [0.3, 0.4) is 0 Å². The summed E-state index contributed by atoms with van der Waals surface area (Å²) in [5.41, 5.74) is 3.97. The Kier molecular flexibility index (Phi) is 4.71. The average Bonchev–Trinajstić information content (AvgIpc) is 3.30. The van der Waals surface area contributed by atoms with Crippen molar-refractivity contribution in [2.75, 3.05) is 13.7 Å². The molecule has 2 N–H and O–H groups in total. The van der Waals surface area contributed by atoms with Gasteiger partial charge in [-0.25, -0.2) is 5.06 Å². The standard InChI is InChI=1S/C14H17F3N4O2/c1-3-21(23-2)12(22)11(18)8-9-4-6-10(7-5-9)13(19-20-13)14(15,16)17/h4-7,11H,3,8,18H2,1-2H3. The fourth-order valence-electron chi connectivity index (χ4n) is 2.22. The number of hydrogen-bond donors (Lipinski definition) is 1. The van der Waals surface area contributed by atoms with Crippen LogP contribution in [0.1, 0.15) is 18.1 Å². The average molecular weight is 330 g/mol. The molecule has 1 heterocycles. The van der Waals surface area contributed by atoms with Gasteiger partial charge in [-0.2, -0.15) is 13.2 Å². The lowest BCUT2D eigenvalue weighted by molar-refractivity contribution is -0.176.